The summed E-state index contributed by atoms with van der Waals surface area (Å²) in [6.45, 7) is 5.77. The molecule has 6 heteroatoms. The van der Waals surface area contributed by atoms with Crippen molar-refractivity contribution < 1.29 is 14.4 Å². The first-order valence-corrected chi connectivity index (χ1v) is 10.9. The number of likely N-dealkylation sites (tertiary alicyclic amines) is 1. The van der Waals surface area contributed by atoms with Crippen LogP contribution in [0.4, 0.5) is 5.69 Å². The summed E-state index contributed by atoms with van der Waals surface area (Å²) in [7, 11) is 0. The summed E-state index contributed by atoms with van der Waals surface area (Å²) >= 11 is 0. The van der Waals surface area contributed by atoms with Gasteiger partial charge in [0.1, 0.15) is 6.54 Å². The summed E-state index contributed by atoms with van der Waals surface area (Å²) in [5.41, 5.74) is 3.17. The van der Waals surface area contributed by atoms with E-state index in [0.717, 1.165) is 29.7 Å². The highest BCUT2D eigenvalue weighted by atomic mass is 16.2. The highest BCUT2D eigenvalue weighted by molar-refractivity contribution is 5.98. The van der Waals surface area contributed by atoms with Crippen LogP contribution in [0.1, 0.15) is 49.7 Å². The molecular weight excluding hydrogens is 366 g/mol. The Kier molecular flexibility index (Phi) is 5.61. The van der Waals surface area contributed by atoms with Crippen LogP contribution in [0, 0.1) is 19.8 Å². The summed E-state index contributed by atoms with van der Waals surface area (Å²) in [6.07, 6.45) is 5.50. The minimum atomic E-state index is -0.172. The molecule has 1 aromatic rings. The van der Waals surface area contributed by atoms with Crippen molar-refractivity contribution in [3.63, 3.8) is 0 Å². The van der Waals surface area contributed by atoms with Crippen molar-refractivity contribution in [3.8, 4) is 0 Å². The van der Waals surface area contributed by atoms with E-state index in [9.17, 15) is 14.4 Å². The average molecular weight is 398 g/mol. The van der Waals surface area contributed by atoms with Crippen LogP contribution in [-0.4, -0.2) is 59.7 Å². The summed E-state index contributed by atoms with van der Waals surface area (Å²) in [5, 5.41) is 0. The van der Waals surface area contributed by atoms with Gasteiger partial charge in [-0.2, -0.15) is 0 Å². The monoisotopic (exact) mass is 397 g/mol. The first kappa shape index (κ1) is 19.9. The Labute approximate surface area is 172 Å². The van der Waals surface area contributed by atoms with Crippen LogP contribution in [0.15, 0.2) is 18.2 Å². The van der Waals surface area contributed by atoms with E-state index >= 15 is 0 Å². The van der Waals surface area contributed by atoms with E-state index in [4.69, 9.17) is 0 Å². The van der Waals surface area contributed by atoms with E-state index in [0.29, 0.717) is 38.5 Å². The molecule has 1 unspecified atom stereocenters. The number of nitrogens with zero attached hydrogens (tertiary/aromatic N) is 3. The number of carbonyl (C=O) groups is 3. The summed E-state index contributed by atoms with van der Waals surface area (Å²) in [5.74, 6) is 0.0218. The molecule has 156 valence electrons. The Bertz CT molecular complexity index is 795. The van der Waals surface area contributed by atoms with Crippen molar-refractivity contribution >= 4 is 23.4 Å². The molecule has 1 atom stereocenters. The molecule has 1 saturated carbocycles. The lowest BCUT2D eigenvalue weighted by atomic mass is 9.94. The second kappa shape index (κ2) is 8.17. The molecule has 3 aliphatic rings. The molecule has 3 fully saturated rings. The van der Waals surface area contributed by atoms with Gasteiger partial charge >= 0.3 is 0 Å². The number of benzene rings is 1. The van der Waals surface area contributed by atoms with Gasteiger partial charge in [-0.3, -0.25) is 14.4 Å². The zero-order chi connectivity index (χ0) is 20.5. The number of piperazine rings is 1. The average Bonchev–Trinajstić information content (AvgIpc) is 3.21. The van der Waals surface area contributed by atoms with Crippen molar-refractivity contribution in [1.82, 2.24) is 9.80 Å². The number of aryl methyl sites for hydroxylation is 2. The molecule has 4 rings (SSSR count). The lowest BCUT2D eigenvalue weighted by molar-refractivity contribution is -0.147. The van der Waals surface area contributed by atoms with Crippen molar-refractivity contribution in [2.24, 2.45) is 5.92 Å². The fraction of sp³-hybridized carbons (Fsp3) is 0.609. The van der Waals surface area contributed by atoms with Crippen LogP contribution < -0.4 is 4.90 Å². The van der Waals surface area contributed by atoms with Crippen LogP contribution in [0.25, 0.3) is 0 Å². The molecule has 2 aliphatic heterocycles. The van der Waals surface area contributed by atoms with Gasteiger partial charge in [-0.25, -0.2) is 0 Å². The predicted molar refractivity (Wildman–Crippen MR) is 112 cm³/mol. The highest BCUT2D eigenvalue weighted by Gasteiger charge is 2.38. The van der Waals surface area contributed by atoms with Gasteiger partial charge in [-0.15, -0.1) is 0 Å². The first-order valence-electron chi connectivity index (χ1n) is 10.9. The third-order valence-corrected chi connectivity index (χ3v) is 6.61. The van der Waals surface area contributed by atoms with Crippen LogP contribution in [0.3, 0.4) is 0 Å². The number of rotatable bonds is 3. The van der Waals surface area contributed by atoms with E-state index in [1.807, 2.05) is 30.9 Å². The van der Waals surface area contributed by atoms with Crippen molar-refractivity contribution in [3.05, 3.63) is 29.3 Å². The van der Waals surface area contributed by atoms with Crippen molar-refractivity contribution in [1.29, 1.82) is 0 Å². The van der Waals surface area contributed by atoms with E-state index in [-0.39, 0.29) is 30.2 Å². The Balaban J connectivity index is 1.40. The van der Waals surface area contributed by atoms with E-state index in [2.05, 4.69) is 6.07 Å². The maximum atomic E-state index is 13.1. The minimum Gasteiger partial charge on any atom is -0.339 e. The summed E-state index contributed by atoms with van der Waals surface area (Å²) < 4.78 is 0. The number of hydrogen-bond donors (Lipinski definition) is 0. The van der Waals surface area contributed by atoms with Crippen molar-refractivity contribution in [2.75, 3.05) is 31.1 Å². The van der Waals surface area contributed by atoms with Gasteiger partial charge in [0.15, 0.2) is 0 Å². The number of piperidine rings is 1. The van der Waals surface area contributed by atoms with Gasteiger partial charge in [0.25, 0.3) is 0 Å². The summed E-state index contributed by atoms with van der Waals surface area (Å²) in [4.78, 5) is 43.8. The molecule has 6 nitrogen and oxygen atoms in total. The maximum absolute atomic E-state index is 13.1. The minimum absolute atomic E-state index is 0.0332. The van der Waals surface area contributed by atoms with E-state index < -0.39 is 0 Å². The van der Waals surface area contributed by atoms with Crippen molar-refractivity contribution in [2.45, 2.75) is 58.4 Å². The summed E-state index contributed by atoms with van der Waals surface area (Å²) in [6, 6.07) is 6.44. The molecule has 0 aromatic heterocycles. The Morgan fingerprint density at radius 1 is 0.931 bits per heavy atom. The molecule has 2 heterocycles. The molecule has 2 saturated heterocycles. The number of hydrogen-bond acceptors (Lipinski definition) is 3. The standard InChI is InChI=1S/C23H31N3O3/c1-16-11-17(2)13-20(12-16)25-10-9-24(15-22(25)28)23(29)18-7-8-21(27)26(14-18)19-5-3-4-6-19/h11-13,18-19H,3-10,14-15H2,1-2H3. The van der Waals surface area contributed by atoms with Gasteiger partial charge in [-0.05, 0) is 56.4 Å². The van der Waals surface area contributed by atoms with E-state index in [1.54, 1.807) is 9.80 Å². The maximum Gasteiger partial charge on any atom is 0.246 e. The molecular formula is C23H31N3O3. The molecule has 29 heavy (non-hydrogen) atoms. The molecule has 0 bridgehead atoms. The zero-order valence-electron chi connectivity index (χ0n) is 17.5. The second-order valence-corrected chi connectivity index (χ2v) is 8.87. The quantitative estimate of drug-likeness (QED) is 0.788. The number of amides is 3. The van der Waals surface area contributed by atoms with Gasteiger partial charge in [-0.1, -0.05) is 18.9 Å². The third-order valence-electron chi connectivity index (χ3n) is 6.61. The lowest BCUT2D eigenvalue weighted by Crippen LogP contribution is -2.56. The Morgan fingerprint density at radius 2 is 1.62 bits per heavy atom. The van der Waals surface area contributed by atoms with Crippen LogP contribution in [0.5, 0.6) is 0 Å². The van der Waals surface area contributed by atoms with Gasteiger partial charge < -0.3 is 14.7 Å². The Hall–Kier alpha value is -2.37. The molecule has 3 amide bonds. The number of carbonyl (C=O) groups excluding carboxylic acids is 3. The molecule has 0 spiro atoms. The van der Waals surface area contributed by atoms with E-state index in [1.165, 1.54) is 12.8 Å². The molecule has 0 radical (unpaired) electrons. The predicted octanol–water partition coefficient (Wildman–Crippen LogP) is 2.66. The smallest absolute Gasteiger partial charge is 0.246 e. The molecule has 0 N–H and O–H groups in total. The normalized spacial score (nSPS) is 23.8. The van der Waals surface area contributed by atoms with Crippen LogP contribution in [-0.2, 0) is 14.4 Å². The largest absolute Gasteiger partial charge is 0.339 e. The molecule has 1 aliphatic carbocycles. The fourth-order valence-corrected chi connectivity index (χ4v) is 5.14. The fourth-order valence-electron chi connectivity index (χ4n) is 5.14. The zero-order valence-corrected chi connectivity index (χ0v) is 17.5. The highest BCUT2D eigenvalue weighted by Crippen LogP contribution is 2.30. The van der Waals surface area contributed by atoms with Crippen LogP contribution in [0.2, 0.25) is 0 Å². The SMILES string of the molecule is Cc1cc(C)cc(N2CCN(C(=O)C3CCC(=O)N(C4CCCC4)C3)CC2=O)c1. The van der Waals surface area contributed by atoms with Crippen LogP contribution >= 0.6 is 0 Å². The third kappa shape index (κ3) is 4.16. The topological polar surface area (TPSA) is 60.9 Å². The second-order valence-electron chi connectivity index (χ2n) is 8.87. The lowest BCUT2D eigenvalue weighted by Gasteiger charge is -2.40. The first-order chi connectivity index (χ1) is 13.9. The van der Waals surface area contributed by atoms with Gasteiger partial charge in [0.2, 0.25) is 17.7 Å². The van der Waals surface area contributed by atoms with Gasteiger partial charge in [0, 0.05) is 37.8 Å². The Morgan fingerprint density at radius 3 is 2.28 bits per heavy atom. The molecule has 1 aromatic carbocycles. The number of anilines is 1. The van der Waals surface area contributed by atoms with Gasteiger partial charge in [0.05, 0.1) is 5.92 Å².